The molecular formula is C23H22ClN3O3. The average molecular weight is 424 g/mol. The number of rotatable bonds is 3. The van der Waals surface area contributed by atoms with E-state index in [9.17, 15) is 5.11 Å². The van der Waals surface area contributed by atoms with Crippen LogP contribution in [0.2, 0.25) is 5.02 Å². The fourth-order valence-electron chi connectivity index (χ4n) is 4.43. The van der Waals surface area contributed by atoms with Crippen molar-refractivity contribution in [1.29, 1.82) is 0 Å². The minimum absolute atomic E-state index is 0.277. The lowest BCUT2D eigenvalue weighted by molar-refractivity contribution is -0.134. The molecule has 154 valence electrons. The van der Waals surface area contributed by atoms with E-state index in [1.807, 2.05) is 42.6 Å². The van der Waals surface area contributed by atoms with Crippen molar-refractivity contribution < 1.29 is 14.7 Å². The minimum atomic E-state index is -1.26. The summed E-state index contributed by atoms with van der Waals surface area (Å²) in [5, 5.41) is 20.0. The Morgan fingerprint density at radius 2 is 1.80 bits per heavy atom. The van der Waals surface area contributed by atoms with Crippen LogP contribution in [0, 0.1) is 0 Å². The van der Waals surface area contributed by atoms with Crippen LogP contribution in [0.5, 0.6) is 11.5 Å². The Balaban J connectivity index is 1.42. The minimum Gasteiger partial charge on any atom is -0.457 e. The lowest BCUT2D eigenvalue weighted by atomic mass is 9.68. The van der Waals surface area contributed by atoms with Gasteiger partial charge in [-0.3, -0.25) is 0 Å². The summed E-state index contributed by atoms with van der Waals surface area (Å²) >= 11 is 5.92. The summed E-state index contributed by atoms with van der Waals surface area (Å²) < 4.78 is 5.87. The number of aliphatic hydroxyl groups is 1. The summed E-state index contributed by atoms with van der Waals surface area (Å²) in [4.78, 5) is 10.3. The first-order valence-electron chi connectivity index (χ1n) is 10.0. The molecule has 5 rings (SSSR count). The molecule has 0 saturated heterocycles. The Hall–Kier alpha value is -2.83. The maximum absolute atomic E-state index is 11.8. The SMILES string of the molecule is OC12CN/C=N\C=C3\CCCC1(C3)ON=C2c1ccc(Oc2ccc(Cl)cc2)cc1. The van der Waals surface area contributed by atoms with E-state index < -0.39 is 11.2 Å². The van der Waals surface area contributed by atoms with Gasteiger partial charge in [0.15, 0.2) is 11.2 Å². The molecule has 6 nitrogen and oxygen atoms in total. The van der Waals surface area contributed by atoms with Gasteiger partial charge in [-0.15, -0.1) is 0 Å². The topological polar surface area (TPSA) is 75.4 Å². The van der Waals surface area contributed by atoms with Crippen molar-refractivity contribution in [3.63, 3.8) is 0 Å². The van der Waals surface area contributed by atoms with Crippen molar-refractivity contribution in [3.05, 3.63) is 70.9 Å². The van der Waals surface area contributed by atoms with Crippen LogP contribution in [-0.4, -0.2) is 34.9 Å². The number of halogens is 1. The molecule has 2 aliphatic heterocycles. The maximum Gasteiger partial charge on any atom is 0.177 e. The zero-order valence-corrected chi connectivity index (χ0v) is 17.1. The Labute approximate surface area is 179 Å². The number of nitrogens with zero attached hydrogens (tertiary/aromatic N) is 2. The van der Waals surface area contributed by atoms with Crippen molar-refractivity contribution in [2.24, 2.45) is 10.1 Å². The van der Waals surface area contributed by atoms with Gasteiger partial charge in [-0.25, -0.2) is 4.99 Å². The predicted octanol–water partition coefficient (Wildman–Crippen LogP) is 4.43. The van der Waals surface area contributed by atoms with Gasteiger partial charge in [-0.1, -0.05) is 16.8 Å². The fourth-order valence-corrected chi connectivity index (χ4v) is 4.56. The van der Waals surface area contributed by atoms with E-state index in [0.717, 1.165) is 24.8 Å². The van der Waals surface area contributed by atoms with E-state index in [2.05, 4.69) is 15.5 Å². The van der Waals surface area contributed by atoms with Crippen LogP contribution in [0.1, 0.15) is 31.2 Å². The second kappa shape index (κ2) is 7.45. The van der Waals surface area contributed by atoms with Gasteiger partial charge < -0.3 is 20.0 Å². The molecule has 2 atom stereocenters. The molecule has 1 spiro atoms. The second-order valence-corrected chi connectivity index (χ2v) is 8.38. The zero-order chi connectivity index (χ0) is 20.6. The van der Waals surface area contributed by atoms with Crippen molar-refractivity contribution in [1.82, 2.24) is 5.32 Å². The molecule has 1 aliphatic carbocycles. The van der Waals surface area contributed by atoms with Crippen LogP contribution in [0.15, 0.2) is 70.5 Å². The van der Waals surface area contributed by atoms with Crippen LogP contribution in [-0.2, 0) is 4.84 Å². The second-order valence-electron chi connectivity index (χ2n) is 7.94. The number of fused-ring (bicyclic) bond motifs is 1. The van der Waals surface area contributed by atoms with Crippen LogP contribution < -0.4 is 10.1 Å². The first kappa shape index (κ1) is 19.2. The molecular weight excluding hydrogens is 402 g/mol. The van der Waals surface area contributed by atoms with Crippen molar-refractivity contribution in [2.75, 3.05) is 6.54 Å². The molecule has 0 amide bonds. The first-order valence-corrected chi connectivity index (χ1v) is 10.4. The highest BCUT2D eigenvalue weighted by Gasteiger charge is 2.61. The van der Waals surface area contributed by atoms with Gasteiger partial charge in [0.2, 0.25) is 0 Å². The Morgan fingerprint density at radius 1 is 1.07 bits per heavy atom. The molecule has 0 radical (unpaired) electrons. The molecule has 1 saturated carbocycles. The van der Waals surface area contributed by atoms with E-state index in [1.54, 1.807) is 18.5 Å². The summed E-state index contributed by atoms with van der Waals surface area (Å²) in [7, 11) is 0. The molecule has 2 bridgehead atoms. The van der Waals surface area contributed by atoms with Crippen molar-refractivity contribution >= 4 is 23.7 Å². The molecule has 2 N–H and O–H groups in total. The van der Waals surface area contributed by atoms with Crippen LogP contribution in [0.4, 0.5) is 0 Å². The summed E-state index contributed by atoms with van der Waals surface area (Å²) in [5.74, 6) is 1.39. The highest BCUT2D eigenvalue weighted by Crippen LogP contribution is 2.47. The van der Waals surface area contributed by atoms with Crippen molar-refractivity contribution in [3.8, 4) is 11.5 Å². The monoisotopic (exact) mass is 423 g/mol. The zero-order valence-electron chi connectivity index (χ0n) is 16.3. The standard InChI is InChI=1S/C23H22ClN3O3/c24-18-5-9-20(10-6-18)29-19-7-3-17(4-8-19)21-23(28)14-26-15-25-13-16-2-1-11-22(23,12-16)30-27-21/h3-10,13,15,28H,1-2,11-12,14H2,(H,25,26)/b16-13-. The molecule has 1 fully saturated rings. The van der Waals surface area contributed by atoms with Crippen LogP contribution >= 0.6 is 11.6 Å². The van der Waals surface area contributed by atoms with E-state index in [-0.39, 0.29) is 6.54 Å². The largest absolute Gasteiger partial charge is 0.457 e. The van der Waals surface area contributed by atoms with Gasteiger partial charge in [0, 0.05) is 23.2 Å². The van der Waals surface area contributed by atoms with Gasteiger partial charge in [0.25, 0.3) is 0 Å². The van der Waals surface area contributed by atoms with Gasteiger partial charge in [0.05, 0.1) is 12.9 Å². The summed E-state index contributed by atoms with van der Waals surface area (Å²) in [6.45, 7) is 0.277. The van der Waals surface area contributed by atoms with Gasteiger partial charge in [-0.2, -0.15) is 0 Å². The number of hydrogen-bond donors (Lipinski definition) is 2. The highest BCUT2D eigenvalue weighted by molar-refractivity contribution is 6.30. The molecule has 0 aromatic heterocycles. The van der Waals surface area contributed by atoms with E-state index >= 15 is 0 Å². The quantitative estimate of drug-likeness (QED) is 0.765. The number of oxime groups is 1. The summed E-state index contributed by atoms with van der Waals surface area (Å²) in [6.07, 6.45) is 6.74. The molecule has 30 heavy (non-hydrogen) atoms. The molecule has 3 aliphatic rings. The van der Waals surface area contributed by atoms with Gasteiger partial charge in [-0.05, 0) is 73.4 Å². The van der Waals surface area contributed by atoms with Gasteiger partial charge in [0.1, 0.15) is 17.2 Å². The van der Waals surface area contributed by atoms with Crippen molar-refractivity contribution in [2.45, 2.75) is 36.9 Å². The molecule has 2 unspecified atom stereocenters. The van der Waals surface area contributed by atoms with Crippen LogP contribution in [0.3, 0.4) is 0 Å². The van der Waals surface area contributed by atoms with Gasteiger partial charge >= 0.3 is 0 Å². The number of nitrogens with one attached hydrogen (secondary N) is 1. The van der Waals surface area contributed by atoms with Crippen LogP contribution in [0.25, 0.3) is 0 Å². The average Bonchev–Trinajstić information content (AvgIpc) is 3.03. The lowest BCUT2D eigenvalue weighted by Crippen LogP contribution is -2.62. The third-order valence-electron chi connectivity index (χ3n) is 6.01. The molecule has 7 heteroatoms. The normalized spacial score (nSPS) is 30.2. The summed E-state index contributed by atoms with van der Waals surface area (Å²) in [5.41, 5.74) is 0.465. The van der Waals surface area contributed by atoms with E-state index in [0.29, 0.717) is 28.7 Å². The molecule has 2 aromatic rings. The number of benzene rings is 2. The Kier molecular flexibility index (Phi) is 4.76. The first-order chi connectivity index (χ1) is 14.6. The lowest BCUT2D eigenvalue weighted by Gasteiger charge is -2.42. The summed E-state index contributed by atoms with van der Waals surface area (Å²) in [6, 6.07) is 14.7. The smallest absolute Gasteiger partial charge is 0.177 e. The van der Waals surface area contributed by atoms with E-state index in [1.165, 1.54) is 5.57 Å². The molecule has 2 aromatic carbocycles. The Morgan fingerprint density at radius 3 is 2.57 bits per heavy atom. The van der Waals surface area contributed by atoms with E-state index in [4.69, 9.17) is 21.2 Å². The number of ether oxygens (including phenoxy) is 1. The third kappa shape index (κ3) is 3.26. The Bertz CT molecular complexity index is 1030. The molecule has 2 heterocycles. The highest BCUT2D eigenvalue weighted by atomic mass is 35.5. The number of hydrogen-bond acceptors (Lipinski definition) is 6. The fraction of sp³-hybridized carbons (Fsp3) is 0.304. The predicted molar refractivity (Wildman–Crippen MR) is 116 cm³/mol. The number of aliphatic imine (C=N–C) groups is 1. The number of β-amino-alcohol motifs (C(OH)–C–C–N with tert-alkyl or cyclic N) is 1. The maximum atomic E-state index is 11.8. The third-order valence-corrected chi connectivity index (χ3v) is 6.26.